The molecule has 0 aliphatic carbocycles. The molecule has 1 saturated heterocycles. The second-order valence-electron chi connectivity index (χ2n) is 8.76. The van der Waals surface area contributed by atoms with Gasteiger partial charge in [0.25, 0.3) is 5.91 Å². The fourth-order valence-electron chi connectivity index (χ4n) is 4.34. The summed E-state index contributed by atoms with van der Waals surface area (Å²) in [6.07, 6.45) is 2.91. The topological polar surface area (TPSA) is 51.7 Å². The molecule has 2 atom stereocenters. The number of carbonyl (C=O) groups is 1. The standard InChI is InChI=1S/C30H26Cl2N2O3/c1-2-20-11-14-22(33-19-20)17-18-36-23-15-12-21(13-16-23)28-29(37-24-7-4-3-5-8-24)30(35)34(28)26-10-6-9-25(31)27(26)32/h3-16,19,28-29H,2,17-18H2,1H3. The number of hydrogen-bond donors (Lipinski definition) is 0. The number of ether oxygens (including phenoxy) is 2. The van der Waals surface area contributed by atoms with Crippen molar-refractivity contribution in [1.82, 2.24) is 4.98 Å². The van der Waals surface area contributed by atoms with E-state index >= 15 is 0 Å². The maximum atomic E-state index is 13.3. The minimum Gasteiger partial charge on any atom is -0.493 e. The van der Waals surface area contributed by atoms with Gasteiger partial charge in [0.2, 0.25) is 6.10 Å². The van der Waals surface area contributed by atoms with Crippen molar-refractivity contribution in [2.24, 2.45) is 0 Å². The number of rotatable bonds is 9. The number of aromatic nitrogens is 1. The number of para-hydroxylation sites is 1. The molecule has 37 heavy (non-hydrogen) atoms. The predicted molar refractivity (Wildman–Crippen MR) is 147 cm³/mol. The van der Waals surface area contributed by atoms with E-state index in [-0.39, 0.29) is 11.9 Å². The molecule has 3 aromatic carbocycles. The number of anilines is 1. The number of carbonyl (C=O) groups excluding carboxylic acids is 1. The molecule has 0 N–H and O–H groups in total. The molecule has 0 saturated carbocycles. The van der Waals surface area contributed by atoms with E-state index in [4.69, 9.17) is 32.7 Å². The molecular weight excluding hydrogens is 507 g/mol. The van der Waals surface area contributed by atoms with E-state index in [1.165, 1.54) is 5.56 Å². The largest absolute Gasteiger partial charge is 0.493 e. The third-order valence-electron chi connectivity index (χ3n) is 6.39. The van der Waals surface area contributed by atoms with Crippen molar-refractivity contribution in [2.45, 2.75) is 31.9 Å². The van der Waals surface area contributed by atoms with Crippen LogP contribution in [0, 0.1) is 0 Å². The van der Waals surface area contributed by atoms with Gasteiger partial charge < -0.3 is 9.47 Å². The zero-order valence-corrected chi connectivity index (χ0v) is 21.8. The van der Waals surface area contributed by atoms with Crippen molar-refractivity contribution in [1.29, 1.82) is 0 Å². The maximum absolute atomic E-state index is 13.3. The zero-order valence-electron chi connectivity index (χ0n) is 20.3. The predicted octanol–water partition coefficient (Wildman–Crippen LogP) is 7.11. The minimum absolute atomic E-state index is 0.181. The Bertz CT molecular complexity index is 1360. The molecule has 7 heteroatoms. The maximum Gasteiger partial charge on any atom is 0.271 e. The van der Waals surface area contributed by atoms with E-state index in [1.807, 2.05) is 66.9 Å². The smallest absolute Gasteiger partial charge is 0.271 e. The van der Waals surface area contributed by atoms with Crippen LogP contribution in [0.15, 0.2) is 91.1 Å². The molecule has 5 nitrogen and oxygen atoms in total. The first kappa shape index (κ1) is 25.1. The van der Waals surface area contributed by atoms with Crippen LogP contribution in [0.25, 0.3) is 0 Å². The van der Waals surface area contributed by atoms with E-state index in [2.05, 4.69) is 18.0 Å². The number of benzene rings is 3. The lowest BCUT2D eigenvalue weighted by atomic mass is 9.89. The summed E-state index contributed by atoms with van der Waals surface area (Å²) in [7, 11) is 0. The Hall–Kier alpha value is -3.54. The molecule has 1 aliphatic heterocycles. The van der Waals surface area contributed by atoms with Gasteiger partial charge in [-0.25, -0.2) is 0 Å². The molecule has 1 amide bonds. The average Bonchev–Trinajstić information content (AvgIpc) is 2.94. The molecule has 1 fully saturated rings. The number of aryl methyl sites for hydroxylation is 1. The third-order valence-corrected chi connectivity index (χ3v) is 7.19. The summed E-state index contributed by atoms with van der Waals surface area (Å²) >= 11 is 12.7. The van der Waals surface area contributed by atoms with Crippen LogP contribution in [0.1, 0.15) is 29.8 Å². The number of halogens is 2. The second kappa shape index (κ2) is 11.2. The Kier molecular flexibility index (Phi) is 7.63. The molecule has 4 aromatic rings. The molecule has 2 heterocycles. The summed E-state index contributed by atoms with van der Waals surface area (Å²) in [6, 6.07) is 26.1. The monoisotopic (exact) mass is 532 g/mol. The summed E-state index contributed by atoms with van der Waals surface area (Å²) in [4.78, 5) is 19.4. The van der Waals surface area contributed by atoms with E-state index in [0.717, 1.165) is 29.8 Å². The van der Waals surface area contributed by atoms with Crippen LogP contribution in [0.4, 0.5) is 5.69 Å². The first-order valence-corrected chi connectivity index (χ1v) is 13.0. The molecule has 0 radical (unpaired) electrons. The highest BCUT2D eigenvalue weighted by Crippen LogP contribution is 2.45. The Morgan fingerprint density at radius 1 is 0.892 bits per heavy atom. The van der Waals surface area contributed by atoms with Gasteiger partial charge >= 0.3 is 0 Å². The van der Waals surface area contributed by atoms with E-state index < -0.39 is 6.10 Å². The zero-order chi connectivity index (χ0) is 25.8. The van der Waals surface area contributed by atoms with E-state index in [1.54, 1.807) is 23.1 Å². The Morgan fingerprint density at radius 3 is 2.38 bits per heavy atom. The van der Waals surface area contributed by atoms with Crippen molar-refractivity contribution >= 4 is 34.8 Å². The van der Waals surface area contributed by atoms with Crippen LogP contribution in [-0.4, -0.2) is 23.6 Å². The molecule has 1 aliphatic rings. The quantitative estimate of drug-likeness (QED) is 0.215. The highest BCUT2D eigenvalue weighted by atomic mass is 35.5. The van der Waals surface area contributed by atoms with Crippen LogP contribution in [0.2, 0.25) is 10.0 Å². The van der Waals surface area contributed by atoms with Gasteiger partial charge in [0.1, 0.15) is 17.5 Å². The highest BCUT2D eigenvalue weighted by molar-refractivity contribution is 6.44. The fraction of sp³-hybridized carbons (Fsp3) is 0.200. The molecule has 5 rings (SSSR count). The first-order chi connectivity index (χ1) is 18.0. The van der Waals surface area contributed by atoms with Gasteiger partial charge in [-0.3, -0.25) is 14.7 Å². The summed E-state index contributed by atoms with van der Waals surface area (Å²) in [5, 5.41) is 0.724. The first-order valence-electron chi connectivity index (χ1n) is 12.2. The lowest BCUT2D eigenvalue weighted by Gasteiger charge is -2.47. The Labute approximate surface area is 226 Å². The van der Waals surface area contributed by atoms with Crippen LogP contribution in [0.3, 0.4) is 0 Å². The number of nitrogens with zero attached hydrogens (tertiary/aromatic N) is 2. The van der Waals surface area contributed by atoms with Gasteiger partial charge in [-0.15, -0.1) is 0 Å². The Balaban J connectivity index is 1.33. The van der Waals surface area contributed by atoms with Gasteiger partial charge in [-0.2, -0.15) is 0 Å². The molecule has 0 bridgehead atoms. The fourth-order valence-corrected chi connectivity index (χ4v) is 4.73. The second-order valence-corrected chi connectivity index (χ2v) is 9.54. The van der Waals surface area contributed by atoms with Crippen molar-refractivity contribution in [3.05, 3.63) is 118 Å². The number of amides is 1. The van der Waals surface area contributed by atoms with E-state index in [9.17, 15) is 4.79 Å². The molecule has 188 valence electrons. The molecule has 2 unspecified atom stereocenters. The van der Waals surface area contributed by atoms with Gasteiger partial charge in [0.15, 0.2) is 0 Å². The average molecular weight is 533 g/mol. The van der Waals surface area contributed by atoms with Crippen LogP contribution in [-0.2, 0) is 17.6 Å². The van der Waals surface area contributed by atoms with Crippen LogP contribution in [0.5, 0.6) is 11.5 Å². The molecule has 0 spiro atoms. The summed E-state index contributed by atoms with van der Waals surface area (Å²) in [5.41, 5.74) is 3.67. The van der Waals surface area contributed by atoms with Crippen molar-refractivity contribution in [2.75, 3.05) is 11.5 Å². The highest BCUT2D eigenvalue weighted by Gasteiger charge is 2.51. The molecule has 1 aromatic heterocycles. The SMILES string of the molecule is CCc1ccc(CCOc2ccc(C3C(Oc4ccccc4)C(=O)N3c3cccc(Cl)c3Cl)cc2)nc1. The minimum atomic E-state index is -0.693. The van der Waals surface area contributed by atoms with Gasteiger partial charge in [-0.1, -0.05) is 72.6 Å². The van der Waals surface area contributed by atoms with Gasteiger partial charge in [0, 0.05) is 18.3 Å². The molecular formula is C30H26Cl2N2O3. The lowest BCUT2D eigenvalue weighted by molar-refractivity contribution is -0.135. The summed E-state index contributed by atoms with van der Waals surface area (Å²) in [6.45, 7) is 2.63. The lowest BCUT2D eigenvalue weighted by Crippen LogP contribution is -2.61. The van der Waals surface area contributed by atoms with Crippen LogP contribution >= 0.6 is 23.2 Å². The van der Waals surface area contributed by atoms with Crippen LogP contribution < -0.4 is 14.4 Å². The summed E-state index contributed by atoms with van der Waals surface area (Å²) in [5.74, 6) is 1.19. The number of β-lactam (4-membered cyclic amide) rings is 1. The third kappa shape index (κ3) is 5.43. The van der Waals surface area contributed by atoms with Gasteiger partial charge in [0.05, 0.1) is 22.3 Å². The van der Waals surface area contributed by atoms with Gasteiger partial charge in [-0.05, 0) is 60.0 Å². The summed E-state index contributed by atoms with van der Waals surface area (Å²) < 4.78 is 12.1. The van der Waals surface area contributed by atoms with Crippen molar-refractivity contribution in [3.63, 3.8) is 0 Å². The van der Waals surface area contributed by atoms with E-state index in [0.29, 0.717) is 28.1 Å². The van der Waals surface area contributed by atoms with Crippen molar-refractivity contribution in [3.8, 4) is 11.5 Å². The Morgan fingerprint density at radius 2 is 1.68 bits per heavy atom. The number of hydrogen-bond acceptors (Lipinski definition) is 4. The number of pyridine rings is 1. The normalized spacial score (nSPS) is 16.8. The van der Waals surface area contributed by atoms with Crippen molar-refractivity contribution < 1.29 is 14.3 Å².